The Labute approximate surface area is 301 Å². The van der Waals surface area contributed by atoms with Crippen molar-refractivity contribution in [3.8, 4) is 0 Å². The minimum absolute atomic E-state index is 0. The number of hydrogen-bond acceptors (Lipinski definition) is 6. The van der Waals surface area contributed by atoms with Crippen molar-refractivity contribution in [2.75, 3.05) is 0 Å². The number of carbonyl (C=O) groups excluding carboxylic acids is 2. The first-order valence-electron chi connectivity index (χ1n) is 11.2. The van der Waals surface area contributed by atoms with Crippen molar-refractivity contribution in [1.29, 1.82) is 0 Å². The number of aromatic carboxylic acids is 2. The van der Waals surface area contributed by atoms with Gasteiger partial charge in [-0.15, -0.1) is 0 Å². The minimum atomic E-state index is -2.35. The van der Waals surface area contributed by atoms with Crippen LogP contribution >= 0.6 is 0 Å². The predicted molar refractivity (Wildman–Crippen MR) is 119 cm³/mol. The average Bonchev–Trinajstić information content (AvgIpc) is 3.63. The molecule has 0 bridgehead atoms. The van der Waals surface area contributed by atoms with Crippen LogP contribution in [-0.4, -0.2) is 11.9 Å². The van der Waals surface area contributed by atoms with Crippen LogP contribution in [0.5, 0.6) is 0 Å². The molecule has 2 aliphatic rings. The Morgan fingerprint density at radius 2 is 0.585 bits per heavy atom. The van der Waals surface area contributed by atoms with Crippen LogP contribution in [0.2, 0.25) is 0 Å². The van der Waals surface area contributed by atoms with Crippen LogP contribution in [0.4, 0.5) is 35.1 Å². The van der Waals surface area contributed by atoms with E-state index in [1.54, 1.807) is 0 Å². The second-order valence-electron chi connectivity index (χ2n) is 8.03. The third-order valence-corrected chi connectivity index (χ3v) is 6.07. The maximum absolute atomic E-state index is 12.7. The molecule has 2 aromatic rings. The SMILES string of the molecule is C1CCCC1.C1CCCC1.O=C([O-])c1c(F)c(F)c([S-])c(F)c1F.O=C([O-])c1c(F)c(F)c([S-])c(F)c1F.[Mo+4].[Na+].[Na+]. The van der Waals surface area contributed by atoms with Gasteiger partial charge in [0.1, 0.15) is 23.3 Å². The normalized spacial score (nSPS) is 12.9. The molecule has 0 unspecified atom stereocenters. The summed E-state index contributed by atoms with van der Waals surface area (Å²) in [6.07, 6.45) is 15.0. The Hall–Kier alpha value is -0.0517. The van der Waals surface area contributed by atoms with Crippen molar-refractivity contribution < 1.29 is 135 Å². The zero-order chi connectivity index (χ0) is 29.2. The fourth-order valence-electron chi connectivity index (χ4n) is 3.35. The number of rotatable bonds is 2. The van der Waals surface area contributed by atoms with Gasteiger partial charge >= 0.3 is 80.2 Å². The molecule has 0 radical (unpaired) electrons. The minimum Gasteiger partial charge on any atom is -0.774 e. The number of benzene rings is 2. The van der Waals surface area contributed by atoms with Crippen LogP contribution in [0.25, 0.3) is 0 Å². The number of halogens is 8. The summed E-state index contributed by atoms with van der Waals surface area (Å²) in [5, 5.41) is 20.2. The van der Waals surface area contributed by atoms with E-state index in [4.69, 9.17) is 0 Å². The fraction of sp³-hybridized carbons (Fsp3) is 0.417. The van der Waals surface area contributed by atoms with Gasteiger partial charge in [0.05, 0.1) is 23.1 Å². The van der Waals surface area contributed by atoms with E-state index >= 15 is 0 Å². The Bertz CT molecular complexity index is 1010. The molecule has 0 amide bonds. The molecule has 2 aliphatic carbocycles. The van der Waals surface area contributed by atoms with Gasteiger partial charge in [0.15, 0.2) is 23.3 Å². The summed E-state index contributed by atoms with van der Waals surface area (Å²) in [6, 6.07) is 0. The van der Waals surface area contributed by atoms with E-state index < -0.39 is 79.4 Å². The maximum Gasteiger partial charge on any atom is 4.00 e. The second-order valence-corrected chi connectivity index (χ2v) is 8.85. The number of carboxylic acid groups (broad SMARTS) is 2. The van der Waals surface area contributed by atoms with E-state index in [1.165, 1.54) is 64.2 Å². The third kappa shape index (κ3) is 13.2. The van der Waals surface area contributed by atoms with Gasteiger partial charge in [0.2, 0.25) is 0 Å². The van der Waals surface area contributed by atoms with E-state index in [1.807, 2.05) is 0 Å². The van der Waals surface area contributed by atoms with Gasteiger partial charge in [0.25, 0.3) is 0 Å². The van der Waals surface area contributed by atoms with Crippen molar-refractivity contribution in [3.63, 3.8) is 0 Å². The van der Waals surface area contributed by atoms with Crippen molar-refractivity contribution in [3.05, 3.63) is 57.7 Å². The Morgan fingerprint density at radius 3 is 0.707 bits per heavy atom. The summed E-state index contributed by atoms with van der Waals surface area (Å²) in [5.74, 6) is -20.6. The quantitative estimate of drug-likeness (QED) is 0.170. The molecule has 0 saturated heterocycles. The molecule has 214 valence electrons. The van der Waals surface area contributed by atoms with Crippen LogP contribution in [0.3, 0.4) is 0 Å². The third-order valence-electron chi connectivity index (χ3n) is 5.35. The summed E-state index contributed by atoms with van der Waals surface area (Å²) < 4.78 is 101. The number of carboxylic acids is 2. The molecule has 4 rings (SSSR count). The second kappa shape index (κ2) is 22.5. The molecule has 2 aromatic carbocycles. The van der Waals surface area contributed by atoms with E-state index in [0.717, 1.165) is 0 Å². The largest absolute Gasteiger partial charge is 4.00 e. The van der Waals surface area contributed by atoms with Crippen LogP contribution < -0.4 is 69.3 Å². The van der Waals surface area contributed by atoms with Gasteiger partial charge in [-0.2, -0.15) is 0 Å². The predicted octanol–water partition coefficient (Wildman–Crippen LogP) is -1.07. The zero-order valence-electron chi connectivity index (χ0n) is 22.0. The molecule has 17 heteroatoms. The van der Waals surface area contributed by atoms with Crippen LogP contribution in [0.1, 0.15) is 84.9 Å². The van der Waals surface area contributed by atoms with Crippen molar-refractivity contribution >= 4 is 37.2 Å². The molecule has 41 heavy (non-hydrogen) atoms. The van der Waals surface area contributed by atoms with Gasteiger partial charge in [-0.05, 0) is 0 Å². The molecule has 2 fully saturated rings. The van der Waals surface area contributed by atoms with Crippen molar-refractivity contribution in [2.24, 2.45) is 0 Å². The summed E-state index contributed by atoms with van der Waals surface area (Å²) >= 11 is 7.94. The monoisotopic (exact) mass is 732 g/mol. The first-order chi connectivity index (χ1) is 17.7. The van der Waals surface area contributed by atoms with E-state index in [2.05, 4.69) is 25.3 Å². The first-order valence-corrected chi connectivity index (χ1v) is 12.1. The summed E-state index contributed by atoms with van der Waals surface area (Å²) in [5.41, 5.74) is -3.60. The van der Waals surface area contributed by atoms with E-state index in [0.29, 0.717) is 0 Å². The Morgan fingerprint density at radius 1 is 0.439 bits per heavy atom. The first kappa shape index (κ1) is 45.4. The van der Waals surface area contributed by atoms with Crippen LogP contribution in [0, 0.1) is 46.5 Å². The molecule has 0 aliphatic heterocycles. The summed E-state index contributed by atoms with van der Waals surface area (Å²) in [4.78, 5) is 17.5. The van der Waals surface area contributed by atoms with Crippen LogP contribution in [0.15, 0.2) is 9.79 Å². The van der Waals surface area contributed by atoms with Crippen molar-refractivity contribution in [1.82, 2.24) is 0 Å². The molecule has 0 N–H and O–H groups in total. The van der Waals surface area contributed by atoms with Gasteiger partial charge in [0, 0.05) is 0 Å². The fourth-order valence-corrected chi connectivity index (χ4v) is 3.71. The molecule has 0 spiro atoms. The number of carbonyl (C=O) groups is 2. The smallest absolute Gasteiger partial charge is 0.774 e. The molecule has 0 heterocycles. The standard InChI is InChI=1S/2C7H2F4O2S.2C5H10.Mo.2Na/c2*8-2-1(7(12)13)3(9)5(11)6(14)4(2)10;2*1-2-4-5-3-1;;;/h2*14H,(H,12,13);2*1-5H2;;;/q;;;;+4;2*+1/p-4. The van der Waals surface area contributed by atoms with Crippen molar-refractivity contribution in [2.45, 2.75) is 74.0 Å². The van der Waals surface area contributed by atoms with Gasteiger partial charge in [-0.25, -0.2) is 35.1 Å². The number of hydrogen-bond donors (Lipinski definition) is 0. The van der Waals surface area contributed by atoms with Gasteiger partial charge in [-0.1, -0.05) is 74.0 Å². The molecule has 2 saturated carbocycles. The van der Waals surface area contributed by atoms with E-state index in [-0.39, 0.29) is 80.2 Å². The molecule has 4 nitrogen and oxygen atoms in total. The average molecular weight is 730 g/mol. The zero-order valence-corrected chi connectivity index (χ0v) is 29.6. The topological polar surface area (TPSA) is 80.3 Å². The molecular formula is C24H20F8MoNa2O4S2+2. The molecule has 0 atom stereocenters. The maximum atomic E-state index is 12.7. The Kier molecular flexibility index (Phi) is 24.9. The molecular weight excluding hydrogens is 710 g/mol. The Balaban J connectivity index is -0.000000500. The summed E-state index contributed by atoms with van der Waals surface area (Å²) in [6.45, 7) is 0. The van der Waals surface area contributed by atoms with Gasteiger partial charge < -0.3 is 45.1 Å². The molecule has 0 aromatic heterocycles. The van der Waals surface area contributed by atoms with E-state index in [9.17, 15) is 54.9 Å². The summed E-state index contributed by atoms with van der Waals surface area (Å²) in [7, 11) is 0. The van der Waals surface area contributed by atoms with Gasteiger partial charge in [-0.3, -0.25) is 0 Å². The van der Waals surface area contributed by atoms with Crippen LogP contribution in [-0.2, 0) is 46.3 Å².